The average Bonchev–Trinajstić information content (AvgIpc) is 2.47. The van der Waals surface area contributed by atoms with Crippen LogP contribution in [0.15, 0.2) is 36.5 Å². The van der Waals surface area contributed by atoms with Crippen LogP contribution in [0.5, 0.6) is 0 Å². The van der Waals surface area contributed by atoms with Gasteiger partial charge in [-0.05, 0) is 49.6 Å². The van der Waals surface area contributed by atoms with Crippen molar-refractivity contribution in [1.29, 1.82) is 0 Å². The van der Waals surface area contributed by atoms with Crippen LogP contribution in [-0.4, -0.2) is 17.4 Å². The Kier molecular flexibility index (Phi) is 3.37. The summed E-state index contributed by atoms with van der Waals surface area (Å²) in [6.45, 7) is 2.87. The maximum atomic E-state index is 12.2. The summed E-state index contributed by atoms with van der Waals surface area (Å²) < 4.78 is 0. The number of nitrogens with one attached hydrogen (secondary N) is 2. The highest BCUT2D eigenvalue weighted by Gasteiger charge is 2.11. The minimum absolute atomic E-state index is 0.105. The molecule has 1 aliphatic heterocycles. The fourth-order valence-electron chi connectivity index (χ4n) is 2.43. The largest absolute Gasteiger partial charge is 0.385 e. The fourth-order valence-corrected chi connectivity index (χ4v) is 2.43. The number of rotatable bonds is 2. The van der Waals surface area contributed by atoms with E-state index in [0.29, 0.717) is 5.56 Å². The molecule has 3 rings (SSSR count). The standard InChI is InChI=1S/C16H17N3O/c1-11-9-13(6-8-17-11)16(20)19-14-5-4-12-3-2-7-18-15(12)10-14/h4-6,8-10,18H,2-3,7H2,1H3,(H,19,20). The maximum Gasteiger partial charge on any atom is 0.255 e. The van der Waals surface area contributed by atoms with Gasteiger partial charge in [0.2, 0.25) is 0 Å². The summed E-state index contributed by atoms with van der Waals surface area (Å²) in [5, 5.41) is 6.29. The summed E-state index contributed by atoms with van der Waals surface area (Å²) in [5.41, 5.74) is 4.72. The summed E-state index contributed by atoms with van der Waals surface area (Å²) in [4.78, 5) is 16.3. The van der Waals surface area contributed by atoms with Gasteiger partial charge in [-0.15, -0.1) is 0 Å². The van der Waals surface area contributed by atoms with Crippen LogP contribution in [0.3, 0.4) is 0 Å². The number of amides is 1. The molecule has 0 saturated carbocycles. The van der Waals surface area contributed by atoms with Crippen LogP contribution in [0.25, 0.3) is 0 Å². The van der Waals surface area contributed by atoms with Crippen LogP contribution >= 0.6 is 0 Å². The van der Waals surface area contributed by atoms with Crippen LogP contribution in [0, 0.1) is 6.92 Å². The molecule has 0 aliphatic carbocycles. The van der Waals surface area contributed by atoms with E-state index in [4.69, 9.17) is 0 Å². The third-order valence-electron chi connectivity index (χ3n) is 3.46. The molecule has 0 saturated heterocycles. The zero-order chi connectivity index (χ0) is 13.9. The van der Waals surface area contributed by atoms with E-state index in [1.165, 1.54) is 5.56 Å². The first-order chi connectivity index (χ1) is 9.72. The van der Waals surface area contributed by atoms with Crippen LogP contribution in [-0.2, 0) is 6.42 Å². The number of carbonyl (C=O) groups excluding carboxylic acids is 1. The Labute approximate surface area is 118 Å². The first kappa shape index (κ1) is 12.7. The normalized spacial score (nSPS) is 13.2. The van der Waals surface area contributed by atoms with Gasteiger partial charge >= 0.3 is 0 Å². The first-order valence-corrected chi connectivity index (χ1v) is 6.83. The summed E-state index contributed by atoms with van der Waals surface area (Å²) in [7, 11) is 0. The van der Waals surface area contributed by atoms with Gasteiger partial charge < -0.3 is 10.6 Å². The molecule has 2 aromatic rings. The van der Waals surface area contributed by atoms with E-state index in [1.807, 2.05) is 19.1 Å². The Morgan fingerprint density at radius 3 is 3.05 bits per heavy atom. The lowest BCUT2D eigenvalue weighted by atomic mass is 10.0. The van der Waals surface area contributed by atoms with Crippen molar-refractivity contribution in [3.05, 3.63) is 53.3 Å². The van der Waals surface area contributed by atoms with Gasteiger partial charge in [-0.3, -0.25) is 9.78 Å². The smallest absolute Gasteiger partial charge is 0.255 e. The van der Waals surface area contributed by atoms with Gasteiger partial charge in [0, 0.05) is 35.4 Å². The number of benzene rings is 1. The highest BCUT2D eigenvalue weighted by molar-refractivity contribution is 6.04. The maximum absolute atomic E-state index is 12.2. The van der Waals surface area contributed by atoms with Crippen molar-refractivity contribution < 1.29 is 4.79 Å². The lowest BCUT2D eigenvalue weighted by Crippen LogP contribution is -2.15. The summed E-state index contributed by atoms with van der Waals surface area (Å²) in [6.07, 6.45) is 3.91. The number of hydrogen-bond acceptors (Lipinski definition) is 3. The molecule has 0 spiro atoms. The number of carbonyl (C=O) groups is 1. The first-order valence-electron chi connectivity index (χ1n) is 6.83. The van der Waals surface area contributed by atoms with Gasteiger partial charge in [0.1, 0.15) is 0 Å². The van der Waals surface area contributed by atoms with E-state index < -0.39 is 0 Å². The molecule has 4 nitrogen and oxygen atoms in total. The van der Waals surface area contributed by atoms with Crippen molar-refractivity contribution in [2.75, 3.05) is 17.2 Å². The number of aryl methyl sites for hydroxylation is 2. The Morgan fingerprint density at radius 1 is 1.30 bits per heavy atom. The number of hydrogen-bond donors (Lipinski definition) is 2. The van der Waals surface area contributed by atoms with E-state index in [9.17, 15) is 4.79 Å². The Hall–Kier alpha value is -2.36. The Balaban J connectivity index is 1.79. The summed E-state index contributed by atoms with van der Waals surface area (Å²) >= 11 is 0. The molecule has 1 amide bonds. The monoisotopic (exact) mass is 267 g/mol. The molecule has 0 bridgehead atoms. The van der Waals surface area contributed by atoms with Gasteiger partial charge in [-0.2, -0.15) is 0 Å². The predicted octanol–water partition coefficient (Wildman–Crippen LogP) is 3.00. The highest BCUT2D eigenvalue weighted by Crippen LogP contribution is 2.25. The van der Waals surface area contributed by atoms with Crippen LogP contribution in [0.2, 0.25) is 0 Å². The molecular formula is C16H17N3O. The third-order valence-corrected chi connectivity index (χ3v) is 3.46. The van der Waals surface area contributed by atoms with Gasteiger partial charge in [-0.25, -0.2) is 0 Å². The zero-order valence-electron chi connectivity index (χ0n) is 11.4. The molecule has 0 radical (unpaired) electrons. The third kappa shape index (κ3) is 2.64. The number of fused-ring (bicyclic) bond motifs is 1. The quantitative estimate of drug-likeness (QED) is 0.879. The molecule has 1 aromatic heterocycles. The van der Waals surface area contributed by atoms with Gasteiger partial charge in [0.15, 0.2) is 0 Å². The second-order valence-corrected chi connectivity index (χ2v) is 5.04. The number of anilines is 2. The molecule has 0 unspecified atom stereocenters. The molecule has 0 fully saturated rings. The molecule has 102 valence electrons. The summed E-state index contributed by atoms with van der Waals surface area (Å²) in [6, 6.07) is 9.54. The number of aromatic nitrogens is 1. The second kappa shape index (κ2) is 5.33. The van der Waals surface area contributed by atoms with Gasteiger partial charge in [-0.1, -0.05) is 6.07 Å². The minimum atomic E-state index is -0.105. The lowest BCUT2D eigenvalue weighted by Gasteiger charge is -2.18. The van der Waals surface area contributed by atoms with Crippen molar-refractivity contribution in [2.45, 2.75) is 19.8 Å². The fraction of sp³-hybridized carbons (Fsp3) is 0.250. The molecule has 20 heavy (non-hydrogen) atoms. The van der Waals surface area contributed by atoms with Crippen molar-refractivity contribution in [3.8, 4) is 0 Å². The van der Waals surface area contributed by atoms with E-state index in [1.54, 1.807) is 18.3 Å². The molecule has 1 aromatic carbocycles. The molecule has 4 heteroatoms. The van der Waals surface area contributed by atoms with E-state index in [0.717, 1.165) is 36.5 Å². The SMILES string of the molecule is Cc1cc(C(=O)Nc2ccc3c(c2)NCCC3)ccn1. The summed E-state index contributed by atoms with van der Waals surface area (Å²) in [5.74, 6) is -0.105. The van der Waals surface area contributed by atoms with Crippen LogP contribution in [0.4, 0.5) is 11.4 Å². The van der Waals surface area contributed by atoms with Gasteiger partial charge in [0.05, 0.1) is 0 Å². The van der Waals surface area contributed by atoms with Gasteiger partial charge in [0.25, 0.3) is 5.91 Å². The highest BCUT2D eigenvalue weighted by atomic mass is 16.1. The average molecular weight is 267 g/mol. The zero-order valence-corrected chi connectivity index (χ0v) is 11.4. The molecule has 2 N–H and O–H groups in total. The molecule has 2 heterocycles. The minimum Gasteiger partial charge on any atom is -0.385 e. The predicted molar refractivity (Wildman–Crippen MR) is 80.2 cm³/mol. The van der Waals surface area contributed by atoms with E-state index >= 15 is 0 Å². The Bertz CT molecular complexity index is 652. The molecule has 1 aliphatic rings. The van der Waals surface area contributed by atoms with Crippen LogP contribution < -0.4 is 10.6 Å². The van der Waals surface area contributed by atoms with Crippen molar-refractivity contribution in [1.82, 2.24) is 4.98 Å². The van der Waals surface area contributed by atoms with Crippen molar-refractivity contribution >= 4 is 17.3 Å². The second-order valence-electron chi connectivity index (χ2n) is 5.04. The number of nitrogens with zero attached hydrogens (tertiary/aromatic N) is 1. The number of pyridine rings is 1. The van der Waals surface area contributed by atoms with Crippen LogP contribution in [0.1, 0.15) is 28.0 Å². The topological polar surface area (TPSA) is 54.0 Å². The van der Waals surface area contributed by atoms with E-state index in [2.05, 4.69) is 21.7 Å². The Morgan fingerprint density at radius 2 is 2.20 bits per heavy atom. The van der Waals surface area contributed by atoms with Crippen molar-refractivity contribution in [3.63, 3.8) is 0 Å². The molecule has 0 atom stereocenters. The van der Waals surface area contributed by atoms with E-state index in [-0.39, 0.29) is 5.91 Å². The molecular weight excluding hydrogens is 250 g/mol. The van der Waals surface area contributed by atoms with Crippen molar-refractivity contribution in [2.24, 2.45) is 0 Å². The lowest BCUT2D eigenvalue weighted by molar-refractivity contribution is 0.102.